The molecule has 31 heavy (non-hydrogen) atoms. The van der Waals surface area contributed by atoms with Gasteiger partial charge in [-0.15, -0.1) is 0 Å². The summed E-state index contributed by atoms with van der Waals surface area (Å²) >= 11 is 6.26. The van der Waals surface area contributed by atoms with Crippen LogP contribution in [0, 0.1) is 0 Å². The summed E-state index contributed by atoms with van der Waals surface area (Å²) in [5.74, 6) is -0.638. The Labute approximate surface area is 186 Å². The zero-order chi connectivity index (χ0) is 22.4. The number of anilines is 2. The van der Waals surface area contributed by atoms with Crippen LogP contribution in [0.1, 0.15) is 22.3 Å². The van der Waals surface area contributed by atoms with E-state index in [9.17, 15) is 18.0 Å². The molecule has 0 fully saturated rings. The van der Waals surface area contributed by atoms with E-state index in [1.165, 1.54) is 24.3 Å². The molecule has 2 N–H and O–H groups in total. The van der Waals surface area contributed by atoms with Crippen molar-refractivity contribution in [1.29, 1.82) is 0 Å². The molecule has 0 spiro atoms. The molecule has 8 heteroatoms. The maximum atomic E-state index is 12.5. The van der Waals surface area contributed by atoms with Gasteiger partial charge in [-0.1, -0.05) is 48.0 Å². The van der Waals surface area contributed by atoms with Crippen molar-refractivity contribution >= 4 is 44.6 Å². The third-order valence-corrected chi connectivity index (χ3v) is 5.93. The van der Waals surface area contributed by atoms with Crippen molar-refractivity contribution in [3.63, 3.8) is 0 Å². The Morgan fingerprint density at radius 1 is 0.903 bits per heavy atom. The van der Waals surface area contributed by atoms with E-state index in [4.69, 9.17) is 11.6 Å². The highest BCUT2D eigenvalue weighted by atomic mass is 35.5. The number of aryl methyl sites for hydroxylation is 1. The normalized spacial score (nSPS) is 11.0. The van der Waals surface area contributed by atoms with Gasteiger partial charge in [-0.25, -0.2) is 8.42 Å². The van der Waals surface area contributed by atoms with Gasteiger partial charge in [0.2, 0.25) is 5.91 Å². The van der Waals surface area contributed by atoms with Crippen molar-refractivity contribution in [2.45, 2.75) is 17.7 Å². The predicted octanol–water partition coefficient (Wildman–Crippen LogP) is 4.57. The maximum Gasteiger partial charge on any atom is 0.255 e. The number of benzene rings is 3. The molecular weight excluding hydrogens is 436 g/mol. The zero-order valence-electron chi connectivity index (χ0n) is 16.8. The fourth-order valence-corrected chi connectivity index (χ4v) is 3.78. The summed E-state index contributed by atoms with van der Waals surface area (Å²) in [5.41, 5.74) is 2.13. The molecule has 3 aromatic carbocycles. The minimum atomic E-state index is -3.43. The second kappa shape index (κ2) is 9.76. The van der Waals surface area contributed by atoms with Gasteiger partial charge in [0.05, 0.1) is 15.6 Å². The third kappa shape index (κ3) is 6.41. The topological polar surface area (TPSA) is 92.3 Å². The Kier molecular flexibility index (Phi) is 7.09. The molecule has 0 aliphatic heterocycles. The van der Waals surface area contributed by atoms with E-state index < -0.39 is 15.7 Å². The molecule has 0 unspecified atom stereocenters. The molecule has 0 saturated heterocycles. The lowest BCUT2D eigenvalue weighted by Crippen LogP contribution is -2.14. The van der Waals surface area contributed by atoms with Crippen LogP contribution < -0.4 is 10.6 Å². The van der Waals surface area contributed by atoms with Crippen LogP contribution in [0.4, 0.5) is 11.4 Å². The number of carbonyl (C=O) groups excluding carboxylic acids is 2. The number of carbonyl (C=O) groups is 2. The Bertz CT molecular complexity index is 1210. The van der Waals surface area contributed by atoms with Crippen molar-refractivity contribution in [3.05, 3.63) is 88.9 Å². The van der Waals surface area contributed by atoms with Crippen LogP contribution in [0.3, 0.4) is 0 Å². The zero-order valence-corrected chi connectivity index (χ0v) is 18.3. The number of amides is 2. The van der Waals surface area contributed by atoms with E-state index in [1.807, 2.05) is 30.3 Å². The molecule has 6 nitrogen and oxygen atoms in total. The molecule has 0 heterocycles. The molecule has 3 aromatic rings. The number of rotatable bonds is 7. The van der Waals surface area contributed by atoms with Crippen LogP contribution in [0.15, 0.2) is 77.7 Å². The smallest absolute Gasteiger partial charge is 0.255 e. The average Bonchev–Trinajstić information content (AvgIpc) is 2.74. The van der Waals surface area contributed by atoms with E-state index in [-0.39, 0.29) is 21.4 Å². The van der Waals surface area contributed by atoms with Crippen molar-refractivity contribution in [2.75, 3.05) is 16.9 Å². The van der Waals surface area contributed by atoms with Gasteiger partial charge in [0.25, 0.3) is 5.91 Å². The third-order valence-electron chi connectivity index (χ3n) is 4.51. The van der Waals surface area contributed by atoms with E-state index in [2.05, 4.69) is 10.6 Å². The summed E-state index contributed by atoms with van der Waals surface area (Å²) in [6, 6.07) is 20.2. The number of halogens is 1. The predicted molar refractivity (Wildman–Crippen MR) is 122 cm³/mol. The summed E-state index contributed by atoms with van der Waals surface area (Å²) in [6.07, 6.45) is 2.03. The number of hydrogen-bond donors (Lipinski definition) is 2. The number of nitrogens with one attached hydrogen (secondary N) is 2. The quantitative estimate of drug-likeness (QED) is 0.544. The first-order chi connectivity index (χ1) is 14.7. The molecule has 0 saturated carbocycles. The van der Waals surface area contributed by atoms with Crippen LogP contribution in [0.25, 0.3) is 0 Å². The average molecular weight is 457 g/mol. The molecule has 0 aliphatic carbocycles. The van der Waals surface area contributed by atoms with Gasteiger partial charge in [0, 0.05) is 23.9 Å². The summed E-state index contributed by atoms with van der Waals surface area (Å²) in [7, 11) is -3.43. The molecule has 3 rings (SSSR count). The van der Waals surface area contributed by atoms with Crippen molar-refractivity contribution in [2.24, 2.45) is 0 Å². The summed E-state index contributed by atoms with van der Waals surface area (Å²) < 4.78 is 23.4. The Hall–Kier alpha value is -3.16. The fourth-order valence-electron chi connectivity index (χ4n) is 2.88. The van der Waals surface area contributed by atoms with E-state index >= 15 is 0 Å². The van der Waals surface area contributed by atoms with E-state index in [1.54, 1.807) is 18.2 Å². The van der Waals surface area contributed by atoms with E-state index in [0.717, 1.165) is 11.8 Å². The van der Waals surface area contributed by atoms with Gasteiger partial charge in [-0.3, -0.25) is 9.59 Å². The van der Waals surface area contributed by atoms with Crippen LogP contribution in [0.5, 0.6) is 0 Å². The SMILES string of the molecule is CS(=O)(=O)c1cccc(C(=O)Nc2ccc(NC(=O)CCc3ccccc3)cc2Cl)c1. The van der Waals surface area contributed by atoms with Crippen LogP contribution in [0.2, 0.25) is 5.02 Å². The van der Waals surface area contributed by atoms with Crippen molar-refractivity contribution in [1.82, 2.24) is 0 Å². The van der Waals surface area contributed by atoms with Gasteiger partial charge < -0.3 is 10.6 Å². The van der Waals surface area contributed by atoms with Crippen LogP contribution >= 0.6 is 11.6 Å². The first kappa shape index (κ1) is 22.5. The molecule has 0 aromatic heterocycles. The summed E-state index contributed by atoms with van der Waals surface area (Å²) in [6.45, 7) is 0. The Morgan fingerprint density at radius 3 is 2.32 bits per heavy atom. The maximum absolute atomic E-state index is 12.5. The monoisotopic (exact) mass is 456 g/mol. The van der Waals surface area contributed by atoms with Gasteiger partial charge >= 0.3 is 0 Å². The van der Waals surface area contributed by atoms with Crippen molar-refractivity contribution in [3.8, 4) is 0 Å². The largest absolute Gasteiger partial charge is 0.326 e. The lowest BCUT2D eigenvalue weighted by Gasteiger charge is -2.11. The lowest BCUT2D eigenvalue weighted by atomic mass is 10.1. The first-order valence-corrected chi connectivity index (χ1v) is 11.7. The Morgan fingerprint density at radius 2 is 1.65 bits per heavy atom. The van der Waals surface area contributed by atoms with Gasteiger partial charge in [-0.2, -0.15) is 0 Å². The number of sulfone groups is 1. The van der Waals surface area contributed by atoms with Gasteiger partial charge in [0.15, 0.2) is 9.84 Å². The number of hydrogen-bond acceptors (Lipinski definition) is 4. The van der Waals surface area contributed by atoms with E-state index in [0.29, 0.717) is 24.2 Å². The molecular formula is C23H21ClN2O4S. The second-order valence-electron chi connectivity index (χ2n) is 6.98. The molecule has 0 bridgehead atoms. The minimum absolute atomic E-state index is 0.0554. The highest BCUT2D eigenvalue weighted by Gasteiger charge is 2.13. The van der Waals surface area contributed by atoms with Crippen LogP contribution in [-0.4, -0.2) is 26.5 Å². The first-order valence-electron chi connectivity index (χ1n) is 9.47. The molecule has 0 radical (unpaired) electrons. The highest BCUT2D eigenvalue weighted by Crippen LogP contribution is 2.26. The lowest BCUT2D eigenvalue weighted by molar-refractivity contribution is -0.116. The summed E-state index contributed by atoms with van der Waals surface area (Å²) in [4.78, 5) is 24.7. The summed E-state index contributed by atoms with van der Waals surface area (Å²) in [5, 5.41) is 5.68. The highest BCUT2D eigenvalue weighted by molar-refractivity contribution is 7.90. The minimum Gasteiger partial charge on any atom is -0.326 e. The molecule has 160 valence electrons. The Balaban J connectivity index is 1.63. The van der Waals surface area contributed by atoms with Crippen molar-refractivity contribution < 1.29 is 18.0 Å². The molecule has 0 atom stereocenters. The molecule has 0 aliphatic rings. The molecule has 2 amide bonds. The van der Waals surface area contributed by atoms with Gasteiger partial charge in [0.1, 0.15) is 0 Å². The van der Waals surface area contributed by atoms with Crippen LogP contribution in [-0.2, 0) is 21.1 Å². The standard InChI is InChI=1S/C23H21ClN2O4S/c1-31(29,30)19-9-5-8-17(14-19)23(28)26-21-12-11-18(15-20(21)24)25-22(27)13-10-16-6-3-2-4-7-16/h2-9,11-12,14-15H,10,13H2,1H3,(H,25,27)(H,26,28). The fraction of sp³-hybridized carbons (Fsp3) is 0.130. The second-order valence-corrected chi connectivity index (χ2v) is 9.41. The van der Waals surface area contributed by atoms with Gasteiger partial charge in [-0.05, 0) is 48.4 Å².